The summed E-state index contributed by atoms with van der Waals surface area (Å²) in [5.41, 5.74) is 1.65. The van der Waals surface area contributed by atoms with Crippen LogP contribution in [-0.2, 0) is 0 Å². The standard InChI is InChI=1S/C9H11Br/c1-4-2-6-7-3-5(4)9(10)8(6)7/h2,5-9H,3H2,1H3. The quantitative estimate of drug-likeness (QED) is 0.415. The Labute approximate surface area is 69.8 Å². The van der Waals surface area contributed by atoms with Crippen molar-refractivity contribution in [2.45, 2.75) is 18.2 Å². The van der Waals surface area contributed by atoms with Crippen molar-refractivity contribution in [2.24, 2.45) is 23.7 Å². The zero-order valence-corrected chi connectivity index (χ0v) is 7.64. The zero-order chi connectivity index (χ0) is 6.88. The van der Waals surface area contributed by atoms with Crippen LogP contribution in [0, 0.1) is 23.7 Å². The second kappa shape index (κ2) is 1.52. The third-order valence-electron chi connectivity index (χ3n) is 3.61. The summed E-state index contributed by atoms with van der Waals surface area (Å²) in [5, 5.41) is 0. The maximum absolute atomic E-state index is 3.80. The molecule has 2 saturated carbocycles. The number of alkyl halides is 1. The van der Waals surface area contributed by atoms with Crippen LogP contribution in [0.4, 0.5) is 0 Å². The van der Waals surface area contributed by atoms with Crippen LogP contribution in [0.3, 0.4) is 0 Å². The molecule has 1 heteroatoms. The predicted molar refractivity (Wildman–Crippen MR) is 45.0 cm³/mol. The van der Waals surface area contributed by atoms with Gasteiger partial charge in [0.2, 0.25) is 0 Å². The highest BCUT2D eigenvalue weighted by Crippen LogP contribution is 2.67. The second-order valence-corrected chi connectivity index (χ2v) is 5.07. The van der Waals surface area contributed by atoms with Crippen molar-refractivity contribution in [3.8, 4) is 0 Å². The van der Waals surface area contributed by atoms with E-state index in [1.54, 1.807) is 5.57 Å². The highest BCUT2D eigenvalue weighted by molar-refractivity contribution is 9.09. The fraction of sp³-hybridized carbons (Fsp3) is 0.778. The maximum atomic E-state index is 3.80. The van der Waals surface area contributed by atoms with Gasteiger partial charge in [0, 0.05) is 4.83 Å². The maximum Gasteiger partial charge on any atom is 0.0248 e. The molecule has 0 aromatic rings. The number of hydrogen-bond donors (Lipinski definition) is 0. The Morgan fingerprint density at radius 1 is 1.60 bits per heavy atom. The molecule has 0 amide bonds. The van der Waals surface area contributed by atoms with Crippen molar-refractivity contribution in [1.82, 2.24) is 0 Å². The molecule has 0 aromatic carbocycles. The van der Waals surface area contributed by atoms with Crippen LogP contribution in [0.25, 0.3) is 0 Å². The molecule has 10 heavy (non-hydrogen) atoms. The van der Waals surface area contributed by atoms with Gasteiger partial charge in [0.1, 0.15) is 0 Å². The van der Waals surface area contributed by atoms with Gasteiger partial charge in [0.15, 0.2) is 0 Å². The SMILES string of the molecule is CC1=CC2C3CC1C(Br)C23. The molecule has 2 fully saturated rings. The summed E-state index contributed by atoms with van der Waals surface area (Å²) in [6, 6.07) is 0. The van der Waals surface area contributed by atoms with Crippen molar-refractivity contribution < 1.29 is 0 Å². The smallest absolute Gasteiger partial charge is 0.0248 e. The van der Waals surface area contributed by atoms with Crippen molar-refractivity contribution in [2.75, 3.05) is 0 Å². The third kappa shape index (κ3) is 0.469. The molecule has 0 spiro atoms. The fourth-order valence-corrected chi connectivity index (χ4v) is 4.36. The zero-order valence-electron chi connectivity index (χ0n) is 6.05. The van der Waals surface area contributed by atoms with Gasteiger partial charge >= 0.3 is 0 Å². The van der Waals surface area contributed by atoms with E-state index in [0.29, 0.717) is 0 Å². The summed E-state index contributed by atoms with van der Waals surface area (Å²) in [6.45, 7) is 2.30. The van der Waals surface area contributed by atoms with Crippen molar-refractivity contribution in [3.63, 3.8) is 0 Å². The van der Waals surface area contributed by atoms with Crippen LogP contribution < -0.4 is 0 Å². The third-order valence-corrected chi connectivity index (χ3v) is 4.86. The molecule has 5 unspecified atom stereocenters. The Morgan fingerprint density at radius 2 is 2.40 bits per heavy atom. The van der Waals surface area contributed by atoms with E-state index in [1.807, 2.05) is 0 Å². The first-order valence-corrected chi connectivity index (χ1v) is 5.03. The monoisotopic (exact) mass is 198 g/mol. The van der Waals surface area contributed by atoms with E-state index in [1.165, 1.54) is 6.42 Å². The normalized spacial score (nSPS) is 62.2. The number of rotatable bonds is 0. The van der Waals surface area contributed by atoms with Crippen molar-refractivity contribution >= 4 is 15.9 Å². The molecule has 4 bridgehead atoms. The molecule has 4 aliphatic rings. The highest BCUT2D eigenvalue weighted by atomic mass is 79.9. The van der Waals surface area contributed by atoms with Crippen LogP contribution in [0.1, 0.15) is 13.3 Å². The Balaban J connectivity index is 2.10. The molecule has 0 heterocycles. The average molecular weight is 199 g/mol. The van der Waals surface area contributed by atoms with Crippen LogP contribution >= 0.6 is 15.9 Å². The minimum absolute atomic E-state index is 0.840. The summed E-state index contributed by atoms with van der Waals surface area (Å²) >= 11 is 3.80. The molecule has 4 rings (SSSR count). The number of halogens is 1. The Bertz CT molecular complexity index is 219. The second-order valence-electron chi connectivity index (χ2n) is 4.02. The molecule has 4 aliphatic carbocycles. The lowest BCUT2D eigenvalue weighted by Gasteiger charge is -2.25. The molecule has 0 N–H and O–H groups in total. The lowest BCUT2D eigenvalue weighted by atomic mass is 9.86. The molecular weight excluding hydrogens is 188 g/mol. The first-order chi connectivity index (χ1) is 4.79. The molecular formula is C9H11Br. The molecule has 5 atom stereocenters. The summed E-state index contributed by atoms with van der Waals surface area (Å²) in [7, 11) is 0. The fourth-order valence-electron chi connectivity index (χ4n) is 2.98. The minimum atomic E-state index is 0.840. The molecule has 0 aliphatic heterocycles. The van der Waals surface area contributed by atoms with Crippen LogP contribution in [0.5, 0.6) is 0 Å². The van der Waals surface area contributed by atoms with E-state index < -0.39 is 0 Å². The minimum Gasteiger partial charge on any atom is -0.0881 e. The molecule has 0 nitrogen and oxygen atoms in total. The van der Waals surface area contributed by atoms with E-state index >= 15 is 0 Å². The Hall–Kier alpha value is 0.220. The largest absolute Gasteiger partial charge is 0.0881 e. The van der Waals surface area contributed by atoms with Gasteiger partial charge in [-0.1, -0.05) is 27.6 Å². The van der Waals surface area contributed by atoms with Gasteiger partial charge in [-0.25, -0.2) is 0 Å². The highest BCUT2D eigenvalue weighted by Gasteiger charge is 2.62. The van der Waals surface area contributed by atoms with Gasteiger partial charge in [0.25, 0.3) is 0 Å². The summed E-state index contributed by atoms with van der Waals surface area (Å²) in [6.07, 6.45) is 3.99. The van der Waals surface area contributed by atoms with E-state index in [2.05, 4.69) is 28.9 Å². The molecule has 0 radical (unpaired) electrons. The van der Waals surface area contributed by atoms with Gasteiger partial charge < -0.3 is 0 Å². The van der Waals surface area contributed by atoms with Gasteiger partial charge in [-0.3, -0.25) is 0 Å². The summed E-state index contributed by atoms with van der Waals surface area (Å²) < 4.78 is 0. The summed E-state index contributed by atoms with van der Waals surface area (Å²) in [4.78, 5) is 0.840. The Kier molecular flexibility index (Phi) is 0.887. The number of hydrogen-bond acceptors (Lipinski definition) is 0. The van der Waals surface area contributed by atoms with E-state index in [4.69, 9.17) is 0 Å². The molecule has 0 aromatic heterocycles. The average Bonchev–Trinajstić information content (AvgIpc) is 2.47. The van der Waals surface area contributed by atoms with Gasteiger partial charge in [-0.05, 0) is 37.0 Å². The Morgan fingerprint density at radius 3 is 2.80 bits per heavy atom. The van der Waals surface area contributed by atoms with E-state index in [0.717, 1.165) is 28.5 Å². The molecule has 0 saturated heterocycles. The first kappa shape index (κ1) is 5.82. The lowest BCUT2D eigenvalue weighted by molar-refractivity contribution is 0.505. The topological polar surface area (TPSA) is 0 Å². The van der Waals surface area contributed by atoms with Crippen LogP contribution in [-0.4, -0.2) is 4.83 Å². The van der Waals surface area contributed by atoms with E-state index in [-0.39, 0.29) is 0 Å². The summed E-state index contributed by atoms with van der Waals surface area (Å²) in [5.74, 6) is 4.00. The predicted octanol–water partition coefficient (Wildman–Crippen LogP) is 2.59. The van der Waals surface area contributed by atoms with Gasteiger partial charge in [-0.15, -0.1) is 0 Å². The van der Waals surface area contributed by atoms with Crippen LogP contribution in [0.15, 0.2) is 11.6 Å². The number of allylic oxidation sites excluding steroid dienone is 2. The molecule has 54 valence electrons. The van der Waals surface area contributed by atoms with E-state index in [9.17, 15) is 0 Å². The van der Waals surface area contributed by atoms with Crippen molar-refractivity contribution in [3.05, 3.63) is 11.6 Å². The first-order valence-electron chi connectivity index (χ1n) is 4.11. The van der Waals surface area contributed by atoms with Crippen molar-refractivity contribution in [1.29, 1.82) is 0 Å². The lowest BCUT2D eigenvalue weighted by Crippen LogP contribution is -2.19. The van der Waals surface area contributed by atoms with Crippen LogP contribution in [0.2, 0.25) is 0 Å². The van der Waals surface area contributed by atoms with Gasteiger partial charge in [-0.2, -0.15) is 0 Å². The van der Waals surface area contributed by atoms with Gasteiger partial charge in [0.05, 0.1) is 0 Å².